The normalized spacial score (nSPS) is 19.5. The molecule has 0 radical (unpaired) electrons. The van der Waals surface area contributed by atoms with Gasteiger partial charge in [-0.15, -0.1) is 0 Å². The van der Waals surface area contributed by atoms with Crippen molar-refractivity contribution >= 4 is 12.0 Å². The highest BCUT2D eigenvalue weighted by atomic mass is 19.1. The second-order valence-electron chi connectivity index (χ2n) is 8.75. The molecule has 2 amide bonds. The van der Waals surface area contributed by atoms with Crippen LogP contribution in [0.3, 0.4) is 0 Å². The number of esters is 1. The molecule has 1 fully saturated rings. The summed E-state index contributed by atoms with van der Waals surface area (Å²) in [6, 6.07) is 11.9. The lowest BCUT2D eigenvalue weighted by Crippen LogP contribution is -2.53. The van der Waals surface area contributed by atoms with Crippen LogP contribution in [-0.4, -0.2) is 67.2 Å². The maximum absolute atomic E-state index is 13.6. The molecular formula is C26H30F2N4O3. The average molecular weight is 485 g/mol. The molecule has 2 aliphatic rings. The molecule has 2 heterocycles. The summed E-state index contributed by atoms with van der Waals surface area (Å²) >= 11 is 0. The molecule has 2 N–H and O–H groups in total. The molecule has 0 spiro atoms. The van der Waals surface area contributed by atoms with E-state index in [2.05, 4.69) is 20.4 Å². The van der Waals surface area contributed by atoms with Crippen molar-refractivity contribution in [1.82, 2.24) is 20.4 Å². The molecule has 9 heteroatoms. The molecule has 0 unspecified atom stereocenters. The quantitative estimate of drug-likeness (QED) is 0.591. The van der Waals surface area contributed by atoms with Gasteiger partial charge < -0.3 is 15.4 Å². The Balaban J connectivity index is 1.51. The summed E-state index contributed by atoms with van der Waals surface area (Å²) in [5, 5.41) is 5.50. The van der Waals surface area contributed by atoms with Crippen molar-refractivity contribution < 1.29 is 23.1 Å². The first-order valence-corrected chi connectivity index (χ1v) is 11.8. The third kappa shape index (κ3) is 5.86. The summed E-state index contributed by atoms with van der Waals surface area (Å²) < 4.78 is 32.3. The van der Waals surface area contributed by atoms with Gasteiger partial charge in [0, 0.05) is 38.4 Å². The van der Waals surface area contributed by atoms with E-state index in [0.717, 1.165) is 11.1 Å². The van der Waals surface area contributed by atoms with E-state index in [0.29, 0.717) is 44.0 Å². The summed E-state index contributed by atoms with van der Waals surface area (Å²) in [4.78, 5) is 29.0. The number of carbonyl (C=O) groups is 2. The molecule has 2 aromatic carbocycles. The molecule has 0 aliphatic carbocycles. The summed E-state index contributed by atoms with van der Waals surface area (Å²) in [5.41, 5.74) is 2.85. The lowest BCUT2D eigenvalue weighted by molar-refractivity contribution is -0.139. The zero-order chi connectivity index (χ0) is 24.9. The highest BCUT2D eigenvalue weighted by Crippen LogP contribution is 2.30. The lowest BCUT2D eigenvalue weighted by atomic mass is 9.96. The van der Waals surface area contributed by atoms with Gasteiger partial charge in [-0.1, -0.05) is 24.3 Å². The molecule has 186 valence electrons. The fourth-order valence-electron chi connectivity index (χ4n) is 4.71. The zero-order valence-corrected chi connectivity index (χ0v) is 19.9. The molecule has 0 saturated carbocycles. The lowest BCUT2D eigenvalue weighted by Gasteiger charge is -2.40. The average Bonchev–Trinajstić information content (AvgIpc) is 2.82. The number of hydrogen-bond acceptors (Lipinski definition) is 5. The number of rotatable bonds is 7. The van der Waals surface area contributed by atoms with E-state index in [9.17, 15) is 18.4 Å². The van der Waals surface area contributed by atoms with Crippen LogP contribution in [-0.2, 0) is 9.53 Å². The van der Waals surface area contributed by atoms with E-state index in [1.54, 1.807) is 38.1 Å². The summed E-state index contributed by atoms with van der Waals surface area (Å²) in [5.74, 6) is -1.05. The number of carbonyl (C=O) groups excluding carboxylic acids is 2. The Hall–Kier alpha value is -3.30. The van der Waals surface area contributed by atoms with Crippen molar-refractivity contribution in [3.8, 4) is 0 Å². The van der Waals surface area contributed by atoms with Crippen molar-refractivity contribution in [3.05, 3.63) is 82.6 Å². The maximum atomic E-state index is 13.6. The van der Waals surface area contributed by atoms with Crippen LogP contribution in [0.5, 0.6) is 0 Å². The molecule has 1 saturated heterocycles. The number of urea groups is 1. The number of ether oxygens (including phenoxy) is 1. The predicted octanol–water partition coefficient (Wildman–Crippen LogP) is 3.19. The first kappa shape index (κ1) is 24.8. The van der Waals surface area contributed by atoms with Crippen LogP contribution in [0.1, 0.15) is 31.0 Å². The van der Waals surface area contributed by atoms with Crippen LogP contribution in [0.2, 0.25) is 0 Å². The molecular weight excluding hydrogens is 454 g/mol. The largest absolute Gasteiger partial charge is 0.463 e. The smallest absolute Gasteiger partial charge is 0.337 e. The van der Waals surface area contributed by atoms with E-state index in [-0.39, 0.29) is 30.3 Å². The third-order valence-electron chi connectivity index (χ3n) is 6.39. The minimum absolute atomic E-state index is 0.147. The van der Waals surface area contributed by atoms with Gasteiger partial charge in [0.05, 0.1) is 24.3 Å². The molecule has 2 aromatic rings. The van der Waals surface area contributed by atoms with Crippen molar-refractivity contribution in [3.63, 3.8) is 0 Å². The second kappa shape index (κ2) is 11.0. The Morgan fingerprint density at radius 2 is 1.54 bits per heavy atom. The van der Waals surface area contributed by atoms with E-state index in [4.69, 9.17) is 4.74 Å². The number of nitrogens with zero attached hydrogens (tertiary/aromatic N) is 2. The van der Waals surface area contributed by atoms with Gasteiger partial charge in [0.25, 0.3) is 0 Å². The summed E-state index contributed by atoms with van der Waals surface area (Å²) in [6.45, 7) is 6.95. The molecule has 35 heavy (non-hydrogen) atoms. The van der Waals surface area contributed by atoms with Crippen molar-refractivity contribution in [2.75, 3.05) is 39.3 Å². The molecule has 7 nitrogen and oxygen atoms in total. The molecule has 1 atom stereocenters. The van der Waals surface area contributed by atoms with Gasteiger partial charge in [-0.25, -0.2) is 18.4 Å². The van der Waals surface area contributed by atoms with Gasteiger partial charge in [0.1, 0.15) is 11.6 Å². The number of nitrogens with one attached hydrogen (secondary N) is 2. The van der Waals surface area contributed by atoms with Crippen LogP contribution >= 0.6 is 0 Å². The number of hydrogen-bond donors (Lipinski definition) is 2. The monoisotopic (exact) mass is 484 g/mol. The van der Waals surface area contributed by atoms with Gasteiger partial charge in [-0.05, 0) is 49.2 Å². The Morgan fingerprint density at radius 1 is 1.00 bits per heavy atom. The highest BCUT2D eigenvalue weighted by Gasteiger charge is 2.32. The molecule has 0 bridgehead atoms. The Labute approximate surface area is 203 Å². The number of piperazine rings is 1. The van der Waals surface area contributed by atoms with Gasteiger partial charge in [0.15, 0.2) is 0 Å². The minimum atomic E-state index is -0.444. The SMILES string of the molecule is CCOC(=O)C1=C(CN2CCN(C(c3ccc(F)cc3)c3ccc(F)cc3)CC2)NC(=O)N[C@@H]1C. The fraction of sp³-hybridized carbons (Fsp3) is 0.385. The first-order chi connectivity index (χ1) is 16.9. The Morgan fingerprint density at radius 3 is 2.06 bits per heavy atom. The topological polar surface area (TPSA) is 73.9 Å². The Bertz CT molecular complexity index is 1040. The fourth-order valence-corrected chi connectivity index (χ4v) is 4.71. The Kier molecular flexibility index (Phi) is 7.77. The van der Waals surface area contributed by atoms with Crippen LogP contribution < -0.4 is 10.6 Å². The van der Waals surface area contributed by atoms with E-state index >= 15 is 0 Å². The first-order valence-electron chi connectivity index (χ1n) is 11.8. The molecule has 4 rings (SSSR count). The second-order valence-corrected chi connectivity index (χ2v) is 8.75. The van der Waals surface area contributed by atoms with Crippen LogP contribution in [0.15, 0.2) is 59.8 Å². The predicted molar refractivity (Wildman–Crippen MR) is 127 cm³/mol. The van der Waals surface area contributed by atoms with Crippen LogP contribution in [0.4, 0.5) is 13.6 Å². The minimum Gasteiger partial charge on any atom is -0.463 e. The molecule has 2 aliphatic heterocycles. The van der Waals surface area contributed by atoms with E-state index in [1.165, 1.54) is 24.3 Å². The number of halogens is 2. The standard InChI is InChI=1S/C26H30F2N4O3/c1-3-35-25(33)23-17(2)29-26(34)30-22(23)16-31-12-14-32(15-13-31)24(18-4-8-20(27)9-5-18)19-6-10-21(28)11-7-19/h4-11,17,24H,3,12-16H2,1-2H3,(H2,29,30,34)/t17-/m1/s1. The van der Waals surface area contributed by atoms with Gasteiger partial charge in [-0.2, -0.15) is 0 Å². The summed E-state index contributed by atoms with van der Waals surface area (Å²) in [7, 11) is 0. The zero-order valence-electron chi connectivity index (χ0n) is 19.9. The van der Waals surface area contributed by atoms with Crippen LogP contribution in [0.25, 0.3) is 0 Å². The highest BCUT2D eigenvalue weighted by molar-refractivity contribution is 5.94. The van der Waals surface area contributed by atoms with Gasteiger partial charge >= 0.3 is 12.0 Å². The van der Waals surface area contributed by atoms with Crippen LogP contribution in [0, 0.1) is 11.6 Å². The van der Waals surface area contributed by atoms with E-state index < -0.39 is 12.0 Å². The number of benzene rings is 2. The number of amides is 2. The van der Waals surface area contributed by atoms with Crippen molar-refractivity contribution in [2.45, 2.75) is 25.9 Å². The third-order valence-corrected chi connectivity index (χ3v) is 6.39. The maximum Gasteiger partial charge on any atom is 0.337 e. The van der Waals surface area contributed by atoms with Crippen molar-refractivity contribution in [1.29, 1.82) is 0 Å². The van der Waals surface area contributed by atoms with E-state index in [1.807, 2.05) is 0 Å². The molecule has 0 aromatic heterocycles. The van der Waals surface area contributed by atoms with Gasteiger partial charge in [0.2, 0.25) is 0 Å². The van der Waals surface area contributed by atoms with Crippen molar-refractivity contribution in [2.24, 2.45) is 0 Å². The summed E-state index contributed by atoms with van der Waals surface area (Å²) in [6.07, 6.45) is 0. The van der Waals surface area contributed by atoms with Gasteiger partial charge in [-0.3, -0.25) is 9.80 Å².